The van der Waals surface area contributed by atoms with Gasteiger partial charge in [0.15, 0.2) is 0 Å². The van der Waals surface area contributed by atoms with Crippen molar-refractivity contribution in [2.45, 2.75) is 91.9 Å². The molecule has 0 radical (unpaired) electrons. The van der Waals surface area contributed by atoms with Crippen LogP contribution in [0, 0.1) is 20.8 Å². The minimum absolute atomic E-state index is 0.199. The molecule has 7 heteroatoms. The van der Waals surface area contributed by atoms with Gasteiger partial charge in [-0.1, -0.05) is 82.4 Å². The predicted octanol–water partition coefficient (Wildman–Crippen LogP) is 12.8. The second kappa shape index (κ2) is 20.5. The number of ether oxygens (including phenoxy) is 1. The number of aryl methyl sites for hydroxylation is 3. The molecule has 0 aliphatic rings. The SMILES string of the molecule is CCCCCCCCCCCCOc1ccc(N=Nc2ccc(C)cc2)cc1C.Cc1cc(N=Nc2ccc(O)cc2)ccc1O. The van der Waals surface area contributed by atoms with Crippen LogP contribution in [0.4, 0.5) is 22.7 Å². The lowest BCUT2D eigenvalue weighted by molar-refractivity contribution is 0.302. The van der Waals surface area contributed by atoms with E-state index in [0.717, 1.165) is 41.3 Å². The summed E-state index contributed by atoms with van der Waals surface area (Å²) in [7, 11) is 0. The summed E-state index contributed by atoms with van der Waals surface area (Å²) in [4.78, 5) is 0. The molecule has 0 fully saturated rings. The normalized spacial score (nSPS) is 11.1. The number of nitrogens with zero attached hydrogens (tertiary/aromatic N) is 4. The van der Waals surface area contributed by atoms with Crippen molar-refractivity contribution in [3.63, 3.8) is 0 Å². The van der Waals surface area contributed by atoms with Gasteiger partial charge in [0.1, 0.15) is 17.2 Å². The van der Waals surface area contributed by atoms with E-state index in [1.54, 1.807) is 49.4 Å². The van der Waals surface area contributed by atoms with Gasteiger partial charge in [0, 0.05) is 0 Å². The summed E-state index contributed by atoms with van der Waals surface area (Å²) in [6.45, 7) is 9.00. The van der Waals surface area contributed by atoms with Crippen LogP contribution < -0.4 is 4.74 Å². The van der Waals surface area contributed by atoms with E-state index in [9.17, 15) is 5.11 Å². The molecule has 0 amide bonds. The Hall–Kier alpha value is -4.52. The zero-order chi connectivity index (χ0) is 33.0. The highest BCUT2D eigenvalue weighted by Gasteiger charge is 2.02. The third-order valence-corrected chi connectivity index (χ3v) is 7.54. The van der Waals surface area contributed by atoms with Crippen LogP contribution in [0.2, 0.25) is 0 Å². The van der Waals surface area contributed by atoms with Crippen LogP contribution in [0.15, 0.2) is 105 Å². The van der Waals surface area contributed by atoms with E-state index in [4.69, 9.17) is 9.84 Å². The number of hydrogen-bond acceptors (Lipinski definition) is 7. The average Bonchev–Trinajstić information content (AvgIpc) is 3.06. The Kier molecular flexibility index (Phi) is 16.0. The van der Waals surface area contributed by atoms with Gasteiger partial charge >= 0.3 is 0 Å². The van der Waals surface area contributed by atoms with Crippen molar-refractivity contribution in [2.24, 2.45) is 20.5 Å². The molecule has 2 N–H and O–H groups in total. The Labute approximate surface area is 275 Å². The van der Waals surface area contributed by atoms with E-state index in [0.29, 0.717) is 11.4 Å². The van der Waals surface area contributed by atoms with Crippen molar-refractivity contribution in [1.29, 1.82) is 0 Å². The molecule has 0 saturated carbocycles. The second-order valence-electron chi connectivity index (χ2n) is 11.7. The maximum Gasteiger partial charge on any atom is 0.122 e. The molecule has 0 aliphatic carbocycles. The highest BCUT2D eigenvalue weighted by molar-refractivity contribution is 5.48. The van der Waals surface area contributed by atoms with Crippen LogP contribution in [-0.4, -0.2) is 16.8 Å². The summed E-state index contributed by atoms with van der Waals surface area (Å²) in [5.74, 6) is 1.40. The van der Waals surface area contributed by atoms with Gasteiger partial charge in [-0.2, -0.15) is 20.5 Å². The first-order valence-corrected chi connectivity index (χ1v) is 16.6. The summed E-state index contributed by atoms with van der Waals surface area (Å²) < 4.78 is 5.97. The van der Waals surface area contributed by atoms with Crippen molar-refractivity contribution in [3.8, 4) is 17.2 Å². The fraction of sp³-hybridized carbons (Fsp3) is 0.385. The standard InChI is InChI=1S/C26H38N2O.C13H12N2O2/c1-4-5-6-7-8-9-10-11-12-13-20-29-26-19-18-25(21-23(26)3)28-27-24-16-14-22(2)15-17-24;1-9-8-11(4-7-13(9)17)15-14-10-2-5-12(16)6-3-10/h14-19,21H,4-13,20H2,1-3H3;2-8,16-17H,1H3. The van der Waals surface area contributed by atoms with E-state index in [2.05, 4.69) is 41.2 Å². The number of phenols is 2. The number of unbranched alkanes of at least 4 members (excludes halogenated alkanes) is 9. The van der Waals surface area contributed by atoms with Crippen LogP contribution in [0.3, 0.4) is 0 Å². The molecule has 0 aliphatic heterocycles. The fourth-order valence-electron chi connectivity index (χ4n) is 4.69. The number of aromatic hydroxyl groups is 2. The van der Waals surface area contributed by atoms with Crippen molar-refractivity contribution < 1.29 is 14.9 Å². The third-order valence-electron chi connectivity index (χ3n) is 7.54. The zero-order valence-corrected chi connectivity index (χ0v) is 28.0. The lowest BCUT2D eigenvalue weighted by Gasteiger charge is -2.09. The third kappa shape index (κ3) is 14.1. The van der Waals surface area contributed by atoms with Gasteiger partial charge in [0.05, 0.1) is 29.4 Å². The van der Waals surface area contributed by atoms with Gasteiger partial charge in [0.25, 0.3) is 0 Å². The lowest BCUT2D eigenvalue weighted by Crippen LogP contribution is -1.98. The zero-order valence-electron chi connectivity index (χ0n) is 28.0. The van der Waals surface area contributed by atoms with Crippen molar-refractivity contribution in [1.82, 2.24) is 0 Å². The summed E-state index contributed by atoms with van der Waals surface area (Å²) in [5.41, 5.74) is 6.15. The van der Waals surface area contributed by atoms with E-state index in [1.165, 1.54) is 63.4 Å². The molecule has 0 atom stereocenters. The highest BCUT2D eigenvalue weighted by atomic mass is 16.5. The first-order valence-electron chi connectivity index (χ1n) is 16.6. The molecule has 0 saturated heterocycles. The lowest BCUT2D eigenvalue weighted by atomic mass is 10.1. The number of azo groups is 2. The van der Waals surface area contributed by atoms with Crippen LogP contribution in [0.25, 0.3) is 0 Å². The summed E-state index contributed by atoms with van der Waals surface area (Å²) in [5, 5.41) is 35.2. The van der Waals surface area contributed by atoms with Crippen molar-refractivity contribution in [3.05, 3.63) is 102 Å². The molecule has 4 aromatic rings. The predicted molar refractivity (Wildman–Crippen MR) is 189 cm³/mol. The van der Waals surface area contributed by atoms with Crippen LogP contribution in [0.1, 0.15) is 87.8 Å². The average molecular weight is 623 g/mol. The molecule has 0 bridgehead atoms. The molecule has 0 spiro atoms. The Morgan fingerprint density at radius 3 is 1.50 bits per heavy atom. The van der Waals surface area contributed by atoms with E-state index >= 15 is 0 Å². The Morgan fingerprint density at radius 2 is 0.957 bits per heavy atom. The Morgan fingerprint density at radius 1 is 0.500 bits per heavy atom. The molecular formula is C39H50N4O3. The minimum Gasteiger partial charge on any atom is -0.508 e. The van der Waals surface area contributed by atoms with Gasteiger partial charge in [-0.15, -0.1) is 0 Å². The summed E-state index contributed by atoms with van der Waals surface area (Å²) in [6, 6.07) is 25.5. The van der Waals surface area contributed by atoms with Crippen molar-refractivity contribution in [2.75, 3.05) is 6.61 Å². The van der Waals surface area contributed by atoms with Gasteiger partial charge < -0.3 is 14.9 Å². The highest BCUT2D eigenvalue weighted by Crippen LogP contribution is 2.27. The monoisotopic (exact) mass is 622 g/mol. The number of phenolic OH excluding ortho intramolecular Hbond substituents is 2. The van der Waals surface area contributed by atoms with Crippen LogP contribution in [-0.2, 0) is 0 Å². The molecule has 7 nitrogen and oxygen atoms in total. The molecule has 46 heavy (non-hydrogen) atoms. The quantitative estimate of drug-likeness (QED) is 0.0960. The molecule has 0 aromatic heterocycles. The maximum absolute atomic E-state index is 9.36. The summed E-state index contributed by atoms with van der Waals surface area (Å²) >= 11 is 0. The Bertz CT molecular complexity index is 1500. The van der Waals surface area contributed by atoms with E-state index in [-0.39, 0.29) is 11.5 Å². The smallest absolute Gasteiger partial charge is 0.122 e. The second-order valence-corrected chi connectivity index (χ2v) is 11.7. The van der Waals surface area contributed by atoms with Gasteiger partial charge in [-0.3, -0.25) is 0 Å². The fourth-order valence-corrected chi connectivity index (χ4v) is 4.69. The topological polar surface area (TPSA) is 99.1 Å². The number of rotatable bonds is 16. The maximum atomic E-state index is 9.36. The van der Waals surface area contributed by atoms with Crippen LogP contribution in [0.5, 0.6) is 17.2 Å². The van der Waals surface area contributed by atoms with E-state index < -0.39 is 0 Å². The minimum atomic E-state index is 0.199. The molecule has 0 unspecified atom stereocenters. The number of benzene rings is 4. The molecular weight excluding hydrogens is 572 g/mol. The summed E-state index contributed by atoms with van der Waals surface area (Å²) in [6.07, 6.45) is 13.4. The Balaban J connectivity index is 0.000000286. The first-order chi connectivity index (χ1) is 22.3. The molecule has 4 rings (SSSR count). The molecule has 0 heterocycles. The van der Waals surface area contributed by atoms with Gasteiger partial charge in [-0.05, 0) is 111 Å². The molecule has 244 valence electrons. The van der Waals surface area contributed by atoms with Crippen LogP contribution >= 0.6 is 0 Å². The molecule has 4 aromatic carbocycles. The van der Waals surface area contributed by atoms with Crippen molar-refractivity contribution >= 4 is 22.7 Å². The van der Waals surface area contributed by atoms with Gasteiger partial charge in [0.2, 0.25) is 0 Å². The van der Waals surface area contributed by atoms with Gasteiger partial charge in [-0.25, -0.2) is 0 Å². The first kappa shape index (κ1) is 36.0. The number of hydrogen-bond donors (Lipinski definition) is 2. The largest absolute Gasteiger partial charge is 0.508 e. The van der Waals surface area contributed by atoms with E-state index in [1.807, 2.05) is 42.5 Å².